The third-order valence-corrected chi connectivity index (χ3v) is 2.29. The quantitative estimate of drug-likeness (QED) is 0.453. The number of carbonyl (C=O) groups excluding carboxylic acids is 1. The van der Waals surface area contributed by atoms with Crippen molar-refractivity contribution in [3.8, 4) is 0 Å². The Bertz CT molecular complexity index is 469. The second-order valence-corrected chi connectivity index (χ2v) is 3.57. The highest BCUT2D eigenvalue weighted by Crippen LogP contribution is 2.34. The van der Waals surface area contributed by atoms with E-state index in [1.807, 2.05) is 0 Å². The molecule has 6 nitrogen and oxygen atoms in total. The first-order valence-electron chi connectivity index (χ1n) is 4.66. The minimum Gasteiger partial charge on any atom is -0.398 e. The van der Waals surface area contributed by atoms with Crippen molar-refractivity contribution < 1.29 is 9.72 Å². The monoisotopic (exact) mass is 223 g/mol. The summed E-state index contributed by atoms with van der Waals surface area (Å²) in [6.45, 7) is 4.59. The lowest BCUT2D eigenvalue weighted by molar-refractivity contribution is -0.384. The maximum Gasteiger partial charge on any atom is 0.297 e. The van der Waals surface area contributed by atoms with Crippen LogP contribution in [0.4, 0.5) is 17.1 Å². The molecule has 0 aliphatic heterocycles. The molecule has 0 heterocycles. The molecule has 0 aliphatic carbocycles. The predicted molar refractivity (Wildman–Crippen MR) is 61.3 cm³/mol. The van der Waals surface area contributed by atoms with Gasteiger partial charge in [-0.05, 0) is 25.5 Å². The summed E-state index contributed by atoms with van der Waals surface area (Å²) in [5, 5.41) is 13.3. The largest absolute Gasteiger partial charge is 0.398 e. The number of nitrogens with one attached hydrogen (secondary N) is 1. The molecule has 1 aromatic carbocycles. The third kappa shape index (κ3) is 2.10. The van der Waals surface area contributed by atoms with Crippen molar-refractivity contribution in [2.45, 2.75) is 20.8 Å². The average Bonchev–Trinajstić information content (AvgIpc) is 2.12. The number of nitrogens with zero attached hydrogens (tertiary/aromatic N) is 1. The number of aryl methyl sites for hydroxylation is 1. The highest BCUT2D eigenvalue weighted by Gasteiger charge is 2.21. The molecule has 0 aliphatic rings. The van der Waals surface area contributed by atoms with Crippen LogP contribution in [0.1, 0.15) is 18.1 Å². The van der Waals surface area contributed by atoms with Gasteiger partial charge in [-0.3, -0.25) is 14.9 Å². The maximum atomic E-state index is 10.9. The molecular formula is C10H13N3O3. The maximum absolute atomic E-state index is 10.9. The molecule has 0 atom stereocenters. The summed E-state index contributed by atoms with van der Waals surface area (Å²) in [6, 6.07) is 1.50. The lowest BCUT2D eigenvalue weighted by Crippen LogP contribution is -2.10. The lowest BCUT2D eigenvalue weighted by atomic mass is 10.1. The van der Waals surface area contributed by atoms with E-state index in [1.54, 1.807) is 13.8 Å². The number of hydrogen-bond donors (Lipinski definition) is 2. The minimum atomic E-state index is -0.545. The Morgan fingerprint density at radius 1 is 1.50 bits per heavy atom. The molecule has 0 radical (unpaired) electrons. The van der Waals surface area contributed by atoms with Crippen molar-refractivity contribution in [1.29, 1.82) is 0 Å². The zero-order valence-electron chi connectivity index (χ0n) is 9.33. The molecular weight excluding hydrogens is 210 g/mol. The summed E-state index contributed by atoms with van der Waals surface area (Å²) in [7, 11) is 0. The zero-order valence-corrected chi connectivity index (χ0v) is 9.33. The van der Waals surface area contributed by atoms with Gasteiger partial charge in [0.25, 0.3) is 5.69 Å². The van der Waals surface area contributed by atoms with Gasteiger partial charge in [-0.15, -0.1) is 0 Å². The first-order chi connectivity index (χ1) is 7.34. The summed E-state index contributed by atoms with van der Waals surface area (Å²) in [4.78, 5) is 21.3. The Kier molecular flexibility index (Phi) is 3.12. The molecule has 0 spiro atoms. The SMILES string of the molecule is CC(=O)Nc1cc(C)c(N)c(C)c1[N+](=O)[O-]. The number of anilines is 2. The van der Waals surface area contributed by atoms with E-state index in [1.165, 1.54) is 13.0 Å². The van der Waals surface area contributed by atoms with Gasteiger partial charge in [0.15, 0.2) is 0 Å². The van der Waals surface area contributed by atoms with Crippen LogP contribution >= 0.6 is 0 Å². The number of nitrogens with two attached hydrogens (primary N) is 1. The predicted octanol–water partition coefficient (Wildman–Crippen LogP) is 1.75. The summed E-state index contributed by atoms with van der Waals surface area (Å²) >= 11 is 0. The number of carbonyl (C=O) groups is 1. The number of nitro groups is 1. The van der Waals surface area contributed by atoms with E-state index in [-0.39, 0.29) is 17.3 Å². The van der Waals surface area contributed by atoms with Gasteiger partial charge in [-0.1, -0.05) is 0 Å². The summed E-state index contributed by atoms with van der Waals surface area (Å²) in [6.07, 6.45) is 0. The molecule has 0 unspecified atom stereocenters. The Morgan fingerprint density at radius 3 is 2.50 bits per heavy atom. The Morgan fingerprint density at radius 2 is 2.06 bits per heavy atom. The van der Waals surface area contributed by atoms with Crippen LogP contribution in [0, 0.1) is 24.0 Å². The van der Waals surface area contributed by atoms with Crippen LogP contribution in [-0.4, -0.2) is 10.8 Å². The van der Waals surface area contributed by atoms with E-state index in [0.29, 0.717) is 16.8 Å². The Hall–Kier alpha value is -2.11. The molecule has 0 fully saturated rings. The van der Waals surface area contributed by atoms with E-state index >= 15 is 0 Å². The number of nitrogen functional groups attached to an aromatic ring is 1. The molecule has 86 valence electrons. The molecule has 0 aromatic heterocycles. The van der Waals surface area contributed by atoms with Crippen LogP contribution in [0.25, 0.3) is 0 Å². The highest BCUT2D eigenvalue weighted by atomic mass is 16.6. The van der Waals surface area contributed by atoms with Crippen LogP contribution in [0.5, 0.6) is 0 Å². The van der Waals surface area contributed by atoms with Gasteiger partial charge in [0.05, 0.1) is 10.5 Å². The fourth-order valence-electron chi connectivity index (χ4n) is 1.51. The smallest absolute Gasteiger partial charge is 0.297 e. The molecule has 1 rings (SSSR count). The Labute approximate surface area is 92.6 Å². The molecule has 3 N–H and O–H groups in total. The lowest BCUT2D eigenvalue weighted by Gasteiger charge is -2.10. The number of amides is 1. The summed E-state index contributed by atoms with van der Waals surface area (Å²) < 4.78 is 0. The van der Waals surface area contributed by atoms with Gasteiger partial charge in [0, 0.05) is 12.6 Å². The van der Waals surface area contributed by atoms with Crippen LogP contribution in [0.15, 0.2) is 6.07 Å². The molecule has 1 aromatic rings. The van der Waals surface area contributed by atoms with E-state index in [9.17, 15) is 14.9 Å². The number of benzene rings is 1. The van der Waals surface area contributed by atoms with Gasteiger partial charge in [-0.25, -0.2) is 0 Å². The van der Waals surface area contributed by atoms with Crippen molar-refractivity contribution in [2.24, 2.45) is 0 Å². The van der Waals surface area contributed by atoms with Gasteiger partial charge >= 0.3 is 0 Å². The van der Waals surface area contributed by atoms with Crippen LogP contribution in [-0.2, 0) is 4.79 Å². The summed E-state index contributed by atoms with van der Waals surface area (Å²) in [5.41, 5.74) is 7.18. The minimum absolute atomic E-state index is 0.154. The van der Waals surface area contributed by atoms with Crippen molar-refractivity contribution >= 4 is 23.0 Å². The topological polar surface area (TPSA) is 98.3 Å². The van der Waals surface area contributed by atoms with Crippen LogP contribution in [0.3, 0.4) is 0 Å². The van der Waals surface area contributed by atoms with Crippen molar-refractivity contribution in [2.75, 3.05) is 11.1 Å². The molecule has 1 amide bonds. The number of rotatable bonds is 2. The van der Waals surface area contributed by atoms with Gasteiger partial charge in [0.1, 0.15) is 5.69 Å². The fraction of sp³-hybridized carbons (Fsp3) is 0.300. The molecule has 0 saturated carbocycles. The third-order valence-electron chi connectivity index (χ3n) is 2.29. The Balaban J connectivity index is 3.46. The first-order valence-corrected chi connectivity index (χ1v) is 4.66. The molecule has 0 saturated heterocycles. The fourth-order valence-corrected chi connectivity index (χ4v) is 1.51. The first kappa shape index (κ1) is 12.0. The van der Waals surface area contributed by atoms with Gasteiger partial charge in [0.2, 0.25) is 5.91 Å². The second kappa shape index (κ2) is 4.18. The van der Waals surface area contributed by atoms with Crippen molar-refractivity contribution in [3.63, 3.8) is 0 Å². The van der Waals surface area contributed by atoms with Crippen LogP contribution < -0.4 is 11.1 Å². The van der Waals surface area contributed by atoms with Crippen LogP contribution in [0.2, 0.25) is 0 Å². The van der Waals surface area contributed by atoms with E-state index in [0.717, 1.165) is 0 Å². The normalized spacial score (nSPS) is 9.94. The second-order valence-electron chi connectivity index (χ2n) is 3.57. The highest BCUT2D eigenvalue weighted by molar-refractivity contribution is 5.93. The molecule has 6 heteroatoms. The number of hydrogen-bond acceptors (Lipinski definition) is 4. The van der Waals surface area contributed by atoms with Crippen molar-refractivity contribution in [3.05, 3.63) is 27.3 Å². The van der Waals surface area contributed by atoms with E-state index in [2.05, 4.69) is 5.32 Å². The zero-order chi connectivity index (χ0) is 12.5. The summed E-state index contributed by atoms with van der Waals surface area (Å²) in [5.74, 6) is -0.355. The van der Waals surface area contributed by atoms with E-state index in [4.69, 9.17) is 5.73 Å². The van der Waals surface area contributed by atoms with Gasteiger partial charge in [-0.2, -0.15) is 0 Å². The van der Waals surface area contributed by atoms with Gasteiger partial charge < -0.3 is 11.1 Å². The van der Waals surface area contributed by atoms with Crippen molar-refractivity contribution in [1.82, 2.24) is 0 Å². The standard InChI is InChI=1S/C10H13N3O3/c1-5-4-8(12-7(3)14)10(13(15)16)6(2)9(5)11/h4H,11H2,1-3H3,(H,12,14). The average molecular weight is 223 g/mol. The number of nitro benzene ring substituents is 1. The molecule has 0 bridgehead atoms. The molecule has 16 heavy (non-hydrogen) atoms. The van der Waals surface area contributed by atoms with E-state index < -0.39 is 4.92 Å².